The molecule has 0 saturated heterocycles. The first-order valence-corrected chi connectivity index (χ1v) is 9.34. The Morgan fingerprint density at radius 2 is 1.23 bits per heavy atom. The summed E-state index contributed by atoms with van der Waals surface area (Å²) in [4.78, 5) is 13.3. The van der Waals surface area contributed by atoms with E-state index in [-0.39, 0.29) is 11.2 Å². The summed E-state index contributed by atoms with van der Waals surface area (Å²) in [5, 5.41) is 0. The van der Waals surface area contributed by atoms with E-state index in [1.165, 1.54) is 11.1 Å². The number of allylic oxidation sites excluding steroid dienone is 6. The number of benzene rings is 2. The van der Waals surface area contributed by atoms with Gasteiger partial charge in [-0.15, -0.1) is 0 Å². The smallest absolute Gasteiger partial charge is 0.193 e. The van der Waals surface area contributed by atoms with E-state index >= 15 is 0 Å². The highest BCUT2D eigenvalue weighted by Crippen LogP contribution is 2.48. The third-order valence-electron chi connectivity index (χ3n) is 5.81. The molecule has 0 aliphatic heterocycles. The van der Waals surface area contributed by atoms with E-state index in [1.54, 1.807) is 0 Å². The average molecular weight is 340 g/mol. The van der Waals surface area contributed by atoms with Crippen molar-refractivity contribution in [3.05, 3.63) is 95.1 Å². The molecule has 1 spiro atoms. The van der Waals surface area contributed by atoms with Gasteiger partial charge in [0.2, 0.25) is 0 Å². The number of carbonyl (C=O) groups is 1. The number of carbonyl (C=O) groups excluding carboxylic acids is 1. The highest BCUT2D eigenvalue weighted by atomic mass is 16.1. The van der Waals surface area contributed by atoms with Crippen molar-refractivity contribution >= 4 is 16.9 Å². The summed E-state index contributed by atoms with van der Waals surface area (Å²) in [6.07, 6.45) is 7.64. The molecule has 0 atom stereocenters. The van der Waals surface area contributed by atoms with Crippen LogP contribution in [0.1, 0.15) is 44.2 Å². The molecule has 0 amide bonds. The Morgan fingerprint density at radius 1 is 0.731 bits per heavy atom. The Hall–Kier alpha value is -2.67. The predicted octanol–water partition coefficient (Wildman–Crippen LogP) is 6.24. The standard InChI is InChI=1S/C25H24O/c1-18-13-14-25(15-19(18)2)16-22(20-9-5-3-6-10-20)24(26)23(17-25)21-11-7-4-8-12-21/h3-12,16-17H,13-15H2,1-2H3. The molecule has 0 aromatic heterocycles. The molecule has 1 nitrogen and oxygen atoms in total. The molecule has 2 aromatic rings. The van der Waals surface area contributed by atoms with E-state index in [9.17, 15) is 4.79 Å². The summed E-state index contributed by atoms with van der Waals surface area (Å²) < 4.78 is 0. The van der Waals surface area contributed by atoms with Crippen LogP contribution in [0.15, 0.2) is 84.0 Å². The Morgan fingerprint density at radius 3 is 1.69 bits per heavy atom. The van der Waals surface area contributed by atoms with Crippen molar-refractivity contribution in [2.75, 3.05) is 0 Å². The van der Waals surface area contributed by atoms with E-state index < -0.39 is 0 Å². The van der Waals surface area contributed by atoms with Crippen molar-refractivity contribution in [1.82, 2.24) is 0 Å². The Balaban J connectivity index is 1.87. The molecule has 0 saturated carbocycles. The van der Waals surface area contributed by atoms with Crippen molar-refractivity contribution in [3.8, 4) is 0 Å². The van der Waals surface area contributed by atoms with E-state index in [2.05, 4.69) is 26.0 Å². The maximum Gasteiger partial charge on any atom is 0.193 e. The van der Waals surface area contributed by atoms with E-state index in [0.29, 0.717) is 0 Å². The third-order valence-corrected chi connectivity index (χ3v) is 5.81. The van der Waals surface area contributed by atoms with Crippen molar-refractivity contribution in [2.24, 2.45) is 5.41 Å². The Labute approximate surface area is 155 Å². The molecule has 0 fully saturated rings. The maximum absolute atomic E-state index is 13.3. The van der Waals surface area contributed by atoms with Gasteiger partial charge in [0, 0.05) is 16.6 Å². The zero-order valence-electron chi connectivity index (χ0n) is 15.5. The van der Waals surface area contributed by atoms with Gasteiger partial charge in [-0.1, -0.05) is 84.0 Å². The molecule has 0 unspecified atom stereocenters. The second-order valence-corrected chi connectivity index (χ2v) is 7.65. The molecule has 26 heavy (non-hydrogen) atoms. The van der Waals surface area contributed by atoms with Crippen LogP contribution in [0.2, 0.25) is 0 Å². The summed E-state index contributed by atoms with van der Waals surface area (Å²) in [7, 11) is 0. The number of hydrogen-bond donors (Lipinski definition) is 0. The molecule has 4 rings (SSSR count). The molecule has 0 N–H and O–H groups in total. The van der Waals surface area contributed by atoms with Gasteiger partial charge in [-0.05, 0) is 44.2 Å². The largest absolute Gasteiger partial charge is 0.289 e. The van der Waals surface area contributed by atoms with Gasteiger partial charge in [0.1, 0.15) is 0 Å². The Kier molecular flexibility index (Phi) is 4.24. The second kappa shape index (κ2) is 6.57. The number of ketones is 1. The summed E-state index contributed by atoms with van der Waals surface area (Å²) in [6, 6.07) is 20.2. The Bertz CT molecular complexity index is 867. The van der Waals surface area contributed by atoms with Crippen LogP contribution >= 0.6 is 0 Å². The molecule has 2 aliphatic carbocycles. The summed E-state index contributed by atoms with van der Waals surface area (Å²) >= 11 is 0. The molecule has 0 radical (unpaired) electrons. The first kappa shape index (κ1) is 16.8. The van der Waals surface area contributed by atoms with Crippen molar-refractivity contribution in [1.29, 1.82) is 0 Å². The van der Waals surface area contributed by atoms with Crippen LogP contribution < -0.4 is 0 Å². The summed E-state index contributed by atoms with van der Waals surface area (Å²) in [5.74, 6) is 0.136. The lowest BCUT2D eigenvalue weighted by atomic mass is 9.66. The van der Waals surface area contributed by atoms with Gasteiger partial charge < -0.3 is 0 Å². The fourth-order valence-corrected chi connectivity index (χ4v) is 4.17. The van der Waals surface area contributed by atoms with E-state index in [1.807, 2.05) is 60.7 Å². The lowest BCUT2D eigenvalue weighted by molar-refractivity contribution is -0.109. The average Bonchev–Trinajstić information content (AvgIpc) is 2.68. The number of rotatable bonds is 2. The highest BCUT2D eigenvalue weighted by Gasteiger charge is 2.36. The fourth-order valence-electron chi connectivity index (χ4n) is 4.17. The zero-order valence-corrected chi connectivity index (χ0v) is 15.5. The predicted molar refractivity (Wildman–Crippen MR) is 109 cm³/mol. The van der Waals surface area contributed by atoms with Crippen LogP contribution in [0.4, 0.5) is 0 Å². The van der Waals surface area contributed by atoms with E-state index in [4.69, 9.17) is 0 Å². The molecule has 130 valence electrons. The number of Topliss-reactive ketones (excluding diaryl/α,β-unsaturated/α-hetero) is 1. The lowest BCUT2D eigenvalue weighted by Gasteiger charge is -2.37. The monoisotopic (exact) mass is 340 g/mol. The minimum Gasteiger partial charge on any atom is -0.289 e. The molecule has 0 bridgehead atoms. The van der Waals surface area contributed by atoms with Gasteiger partial charge >= 0.3 is 0 Å². The topological polar surface area (TPSA) is 17.1 Å². The first-order chi connectivity index (χ1) is 12.6. The SMILES string of the molecule is CC1=C(C)CC2(C=C(c3ccccc3)C(=O)C(c3ccccc3)=C2)CC1. The van der Waals surface area contributed by atoms with Crippen LogP contribution in [0.3, 0.4) is 0 Å². The van der Waals surface area contributed by atoms with Crippen LogP contribution in [0.25, 0.3) is 11.1 Å². The lowest BCUT2D eigenvalue weighted by Crippen LogP contribution is -2.26. The van der Waals surface area contributed by atoms with Crippen molar-refractivity contribution in [2.45, 2.75) is 33.1 Å². The maximum atomic E-state index is 13.3. The molecule has 1 heteroatoms. The first-order valence-electron chi connectivity index (χ1n) is 9.34. The summed E-state index contributed by atoms with van der Waals surface area (Å²) in [5.41, 5.74) is 6.62. The molecular weight excluding hydrogens is 316 g/mol. The fraction of sp³-hybridized carbons (Fsp3) is 0.240. The quantitative estimate of drug-likeness (QED) is 0.591. The van der Waals surface area contributed by atoms with Crippen molar-refractivity contribution in [3.63, 3.8) is 0 Å². The summed E-state index contributed by atoms with van der Waals surface area (Å²) in [6.45, 7) is 4.47. The highest BCUT2D eigenvalue weighted by molar-refractivity contribution is 6.43. The van der Waals surface area contributed by atoms with Gasteiger partial charge in [0.05, 0.1) is 0 Å². The van der Waals surface area contributed by atoms with Crippen LogP contribution in [-0.4, -0.2) is 5.78 Å². The van der Waals surface area contributed by atoms with Crippen molar-refractivity contribution < 1.29 is 4.79 Å². The van der Waals surface area contributed by atoms with Gasteiger partial charge in [0.15, 0.2) is 5.78 Å². The minimum absolute atomic E-state index is 0.0617. The molecular formula is C25H24O. The zero-order chi connectivity index (χ0) is 18.1. The van der Waals surface area contributed by atoms with Crippen LogP contribution in [-0.2, 0) is 4.79 Å². The van der Waals surface area contributed by atoms with Gasteiger partial charge in [-0.2, -0.15) is 0 Å². The molecule has 2 aliphatic rings. The van der Waals surface area contributed by atoms with Crippen LogP contribution in [0.5, 0.6) is 0 Å². The van der Waals surface area contributed by atoms with Gasteiger partial charge in [0.25, 0.3) is 0 Å². The van der Waals surface area contributed by atoms with Gasteiger partial charge in [-0.3, -0.25) is 4.79 Å². The van der Waals surface area contributed by atoms with E-state index in [0.717, 1.165) is 41.5 Å². The molecule has 2 aromatic carbocycles. The minimum atomic E-state index is -0.0617. The molecule has 0 heterocycles. The van der Waals surface area contributed by atoms with Crippen LogP contribution in [0, 0.1) is 5.41 Å². The third kappa shape index (κ3) is 2.99. The normalized spacial score (nSPS) is 19.4. The second-order valence-electron chi connectivity index (χ2n) is 7.65. The number of hydrogen-bond acceptors (Lipinski definition) is 1. The van der Waals surface area contributed by atoms with Gasteiger partial charge in [-0.25, -0.2) is 0 Å².